The van der Waals surface area contributed by atoms with Gasteiger partial charge in [0.25, 0.3) is 5.91 Å². The molecular formula is C23H24FN5O2. The zero-order chi connectivity index (χ0) is 22.3. The van der Waals surface area contributed by atoms with Gasteiger partial charge in [-0.05, 0) is 45.4 Å². The van der Waals surface area contributed by atoms with E-state index in [1.165, 1.54) is 6.07 Å². The van der Waals surface area contributed by atoms with Crippen molar-refractivity contribution in [1.82, 2.24) is 14.8 Å². The van der Waals surface area contributed by atoms with E-state index in [4.69, 9.17) is 0 Å². The number of aryl methyl sites for hydroxylation is 1. The van der Waals surface area contributed by atoms with Crippen molar-refractivity contribution < 1.29 is 14.3 Å². The van der Waals surface area contributed by atoms with Crippen LogP contribution in [0.15, 0.2) is 48.4 Å². The first-order chi connectivity index (χ1) is 14.6. The molecule has 7 nitrogen and oxygen atoms in total. The normalized spacial score (nSPS) is 15.0. The van der Waals surface area contributed by atoms with Gasteiger partial charge in [0.05, 0.1) is 35.3 Å². The Labute approximate surface area is 179 Å². The fraction of sp³-hybridized carbons (Fsp3) is 0.261. The number of aromatic nitrogens is 3. The standard InChI is InChI=1S/C23H24FN5O2/c1-13-6-5-7-16(24)20(13)17-10-15-18(11-25-17)27-22(30)21(15)14(2)26-19-8-9-29(28-19)12-23(3,4)31/h5-11,31H,12H2,1-4H3,(H,26,28)(H,27,30)/b21-14-. The van der Waals surface area contributed by atoms with Gasteiger partial charge in [0.15, 0.2) is 5.82 Å². The molecule has 4 rings (SSSR count). The molecule has 0 fully saturated rings. The first-order valence-electron chi connectivity index (χ1n) is 9.93. The van der Waals surface area contributed by atoms with Crippen molar-refractivity contribution in [3.05, 3.63) is 65.4 Å². The maximum atomic E-state index is 14.5. The fourth-order valence-corrected chi connectivity index (χ4v) is 3.70. The molecule has 0 aliphatic carbocycles. The highest BCUT2D eigenvalue weighted by Gasteiger charge is 2.28. The zero-order valence-electron chi connectivity index (χ0n) is 17.8. The number of benzene rings is 1. The number of nitrogens with one attached hydrogen (secondary N) is 2. The van der Waals surface area contributed by atoms with Gasteiger partial charge in [0.2, 0.25) is 0 Å². The molecule has 1 aliphatic rings. The number of allylic oxidation sites excluding steroid dienone is 1. The van der Waals surface area contributed by atoms with E-state index in [0.717, 1.165) is 5.56 Å². The summed E-state index contributed by atoms with van der Waals surface area (Å²) in [5, 5.41) is 20.3. The van der Waals surface area contributed by atoms with E-state index in [9.17, 15) is 14.3 Å². The number of carbonyl (C=O) groups is 1. The number of rotatable bonds is 5. The maximum absolute atomic E-state index is 14.5. The number of anilines is 2. The van der Waals surface area contributed by atoms with E-state index in [-0.39, 0.29) is 11.7 Å². The SMILES string of the molecule is C/C(Nc1ccn(CC(C)(C)O)n1)=C1/C(=O)Nc2cnc(-c3c(C)cccc3F)cc21. The summed E-state index contributed by atoms with van der Waals surface area (Å²) in [7, 11) is 0. The molecule has 31 heavy (non-hydrogen) atoms. The molecule has 1 aliphatic heterocycles. The predicted molar refractivity (Wildman–Crippen MR) is 118 cm³/mol. The van der Waals surface area contributed by atoms with Gasteiger partial charge >= 0.3 is 0 Å². The number of fused-ring (bicyclic) bond motifs is 1. The molecule has 0 spiro atoms. The van der Waals surface area contributed by atoms with Gasteiger partial charge in [-0.1, -0.05) is 12.1 Å². The Bertz CT molecular complexity index is 1190. The third-order valence-corrected chi connectivity index (χ3v) is 5.01. The van der Waals surface area contributed by atoms with Gasteiger partial charge in [-0.25, -0.2) is 4.39 Å². The first-order valence-corrected chi connectivity index (χ1v) is 9.93. The number of aliphatic hydroxyl groups is 1. The molecule has 3 N–H and O–H groups in total. The van der Waals surface area contributed by atoms with Crippen LogP contribution < -0.4 is 10.6 Å². The molecule has 0 atom stereocenters. The molecule has 1 amide bonds. The van der Waals surface area contributed by atoms with Crippen LogP contribution in [0.5, 0.6) is 0 Å². The maximum Gasteiger partial charge on any atom is 0.258 e. The van der Waals surface area contributed by atoms with Gasteiger partial charge in [0, 0.05) is 29.1 Å². The third-order valence-electron chi connectivity index (χ3n) is 5.01. The quantitative estimate of drug-likeness (QED) is 0.543. The minimum absolute atomic E-state index is 0.264. The van der Waals surface area contributed by atoms with Crippen molar-refractivity contribution in [3.8, 4) is 11.3 Å². The van der Waals surface area contributed by atoms with Crippen LogP contribution in [0.25, 0.3) is 16.8 Å². The number of halogens is 1. The second-order valence-electron chi connectivity index (χ2n) is 8.34. The van der Waals surface area contributed by atoms with Crippen molar-refractivity contribution in [3.63, 3.8) is 0 Å². The molecule has 3 heterocycles. The fourth-order valence-electron chi connectivity index (χ4n) is 3.70. The molecular weight excluding hydrogens is 397 g/mol. The summed E-state index contributed by atoms with van der Waals surface area (Å²) in [5.74, 6) is -0.0719. The molecule has 3 aromatic rings. The molecule has 0 unspecified atom stereocenters. The Balaban J connectivity index is 1.69. The molecule has 0 saturated carbocycles. The van der Waals surface area contributed by atoms with Gasteiger partial charge in [-0.2, -0.15) is 5.10 Å². The lowest BCUT2D eigenvalue weighted by atomic mass is 10.00. The highest BCUT2D eigenvalue weighted by molar-refractivity contribution is 6.32. The summed E-state index contributed by atoms with van der Waals surface area (Å²) < 4.78 is 16.1. The summed E-state index contributed by atoms with van der Waals surface area (Å²) in [6, 6.07) is 8.37. The summed E-state index contributed by atoms with van der Waals surface area (Å²) in [6.07, 6.45) is 3.30. The number of hydrogen-bond acceptors (Lipinski definition) is 5. The Hall–Kier alpha value is -3.52. The minimum Gasteiger partial charge on any atom is -0.389 e. The van der Waals surface area contributed by atoms with Gasteiger partial charge in [-0.15, -0.1) is 0 Å². The van der Waals surface area contributed by atoms with Gasteiger partial charge in [-0.3, -0.25) is 14.5 Å². The van der Waals surface area contributed by atoms with Crippen LogP contribution in [0.4, 0.5) is 15.9 Å². The van der Waals surface area contributed by atoms with Crippen molar-refractivity contribution in [2.75, 3.05) is 10.6 Å². The van der Waals surface area contributed by atoms with Crippen LogP contribution in [-0.4, -0.2) is 31.4 Å². The topological polar surface area (TPSA) is 92.1 Å². The average molecular weight is 421 g/mol. The van der Waals surface area contributed by atoms with E-state index in [1.54, 1.807) is 56.0 Å². The van der Waals surface area contributed by atoms with Crippen LogP contribution >= 0.6 is 0 Å². The highest BCUT2D eigenvalue weighted by atomic mass is 19.1. The monoisotopic (exact) mass is 421 g/mol. The average Bonchev–Trinajstić information content (AvgIpc) is 3.22. The van der Waals surface area contributed by atoms with Crippen LogP contribution in [0, 0.1) is 12.7 Å². The third kappa shape index (κ3) is 4.20. The molecule has 0 saturated heterocycles. The number of pyridine rings is 1. The lowest BCUT2D eigenvalue weighted by Gasteiger charge is -2.16. The molecule has 8 heteroatoms. The Morgan fingerprint density at radius 2 is 2.10 bits per heavy atom. The molecule has 0 radical (unpaired) electrons. The van der Waals surface area contributed by atoms with Crippen molar-refractivity contribution in [2.24, 2.45) is 0 Å². The zero-order valence-corrected chi connectivity index (χ0v) is 17.8. The molecule has 1 aromatic carbocycles. The van der Waals surface area contributed by atoms with E-state index < -0.39 is 5.60 Å². The van der Waals surface area contributed by atoms with Crippen LogP contribution in [0.1, 0.15) is 31.9 Å². The van der Waals surface area contributed by atoms with Crippen molar-refractivity contribution in [1.29, 1.82) is 0 Å². The number of carbonyl (C=O) groups excluding carboxylic acids is 1. The summed E-state index contributed by atoms with van der Waals surface area (Å²) in [6.45, 7) is 7.36. The summed E-state index contributed by atoms with van der Waals surface area (Å²) >= 11 is 0. The summed E-state index contributed by atoms with van der Waals surface area (Å²) in [4.78, 5) is 17.0. The Morgan fingerprint density at radius 3 is 2.81 bits per heavy atom. The van der Waals surface area contributed by atoms with Gasteiger partial charge in [0.1, 0.15) is 5.82 Å². The van der Waals surface area contributed by atoms with Crippen molar-refractivity contribution >= 4 is 23.0 Å². The van der Waals surface area contributed by atoms with E-state index in [1.807, 2.05) is 13.0 Å². The molecule has 0 bridgehead atoms. The lowest BCUT2D eigenvalue weighted by molar-refractivity contribution is -0.110. The van der Waals surface area contributed by atoms with Gasteiger partial charge < -0.3 is 15.7 Å². The van der Waals surface area contributed by atoms with Crippen LogP contribution in [0.3, 0.4) is 0 Å². The smallest absolute Gasteiger partial charge is 0.258 e. The van der Waals surface area contributed by atoms with Crippen LogP contribution in [0.2, 0.25) is 0 Å². The minimum atomic E-state index is -0.894. The number of amides is 1. The number of nitrogens with zero attached hydrogens (tertiary/aromatic N) is 3. The largest absolute Gasteiger partial charge is 0.389 e. The Kier molecular flexibility index (Phi) is 5.10. The summed E-state index contributed by atoms with van der Waals surface area (Å²) in [5.41, 5.74) is 3.03. The lowest BCUT2D eigenvalue weighted by Crippen LogP contribution is -2.26. The van der Waals surface area contributed by atoms with E-state index in [2.05, 4.69) is 20.7 Å². The highest BCUT2D eigenvalue weighted by Crippen LogP contribution is 2.37. The van der Waals surface area contributed by atoms with Crippen LogP contribution in [-0.2, 0) is 11.3 Å². The Morgan fingerprint density at radius 1 is 1.32 bits per heavy atom. The second-order valence-corrected chi connectivity index (χ2v) is 8.34. The van der Waals surface area contributed by atoms with E-state index >= 15 is 0 Å². The number of hydrogen-bond donors (Lipinski definition) is 3. The van der Waals surface area contributed by atoms with Crippen molar-refractivity contribution in [2.45, 2.75) is 39.8 Å². The molecule has 160 valence electrons. The second kappa shape index (κ2) is 7.63. The first kappa shape index (κ1) is 20.7. The van der Waals surface area contributed by atoms with E-state index in [0.29, 0.717) is 46.1 Å². The predicted octanol–water partition coefficient (Wildman–Crippen LogP) is 3.96. The molecule has 2 aromatic heterocycles.